The molecule has 0 aromatic heterocycles. The molecular formula is C14H12ClNO4S. The van der Waals surface area contributed by atoms with Crippen molar-refractivity contribution in [3.8, 4) is 0 Å². The third-order valence-electron chi connectivity index (χ3n) is 2.87. The summed E-state index contributed by atoms with van der Waals surface area (Å²) in [5, 5.41) is 9.10. The van der Waals surface area contributed by atoms with E-state index in [2.05, 4.69) is 4.72 Å². The average Bonchev–Trinajstić information content (AvgIpc) is 2.43. The van der Waals surface area contributed by atoms with Crippen LogP contribution >= 0.6 is 11.6 Å². The molecule has 0 amide bonds. The summed E-state index contributed by atoms with van der Waals surface area (Å²) in [6.45, 7) is 1.73. The molecule has 0 aliphatic heterocycles. The quantitative estimate of drug-likeness (QED) is 0.904. The van der Waals surface area contributed by atoms with Gasteiger partial charge >= 0.3 is 5.97 Å². The van der Waals surface area contributed by atoms with Gasteiger partial charge in [0, 0.05) is 0 Å². The molecule has 0 fully saturated rings. The van der Waals surface area contributed by atoms with Crippen molar-refractivity contribution in [2.45, 2.75) is 11.8 Å². The fourth-order valence-electron chi connectivity index (χ4n) is 1.73. The van der Waals surface area contributed by atoms with Gasteiger partial charge in [-0.15, -0.1) is 0 Å². The average molecular weight is 326 g/mol. The predicted octanol–water partition coefficient (Wildman–Crippen LogP) is 3.15. The summed E-state index contributed by atoms with van der Waals surface area (Å²) in [6, 6.07) is 9.97. The van der Waals surface area contributed by atoms with Gasteiger partial charge in [0.2, 0.25) is 0 Å². The van der Waals surface area contributed by atoms with Crippen LogP contribution in [0.2, 0.25) is 5.02 Å². The second-order valence-electron chi connectivity index (χ2n) is 4.37. The van der Waals surface area contributed by atoms with Crippen molar-refractivity contribution in [3.63, 3.8) is 0 Å². The highest BCUT2D eigenvalue weighted by Crippen LogP contribution is 2.27. The molecule has 7 heteroatoms. The van der Waals surface area contributed by atoms with Crippen molar-refractivity contribution in [2.24, 2.45) is 0 Å². The van der Waals surface area contributed by atoms with Crippen LogP contribution in [0.5, 0.6) is 0 Å². The van der Waals surface area contributed by atoms with E-state index in [-0.39, 0.29) is 10.5 Å². The van der Waals surface area contributed by atoms with E-state index in [9.17, 15) is 13.2 Å². The Labute approximate surface area is 127 Å². The first-order chi connectivity index (χ1) is 9.81. The molecule has 2 aromatic carbocycles. The molecule has 2 N–H and O–H groups in total. The zero-order valence-electron chi connectivity index (χ0n) is 11.0. The number of anilines is 1. The summed E-state index contributed by atoms with van der Waals surface area (Å²) in [6.07, 6.45) is 0. The van der Waals surface area contributed by atoms with Crippen LogP contribution in [0.15, 0.2) is 47.4 Å². The number of benzene rings is 2. The highest BCUT2D eigenvalue weighted by molar-refractivity contribution is 7.92. The van der Waals surface area contributed by atoms with E-state index >= 15 is 0 Å². The Hall–Kier alpha value is -2.05. The number of sulfonamides is 1. The molecule has 0 saturated carbocycles. The van der Waals surface area contributed by atoms with Gasteiger partial charge in [-0.1, -0.05) is 23.7 Å². The minimum absolute atomic E-state index is 0.0166. The van der Waals surface area contributed by atoms with Crippen molar-refractivity contribution >= 4 is 33.3 Å². The SMILES string of the molecule is Cc1cccc(Cl)c1NS(=O)(=O)c1ccc(C(=O)O)cc1. The fourth-order valence-corrected chi connectivity index (χ4v) is 3.21. The molecule has 0 atom stereocenters. The van der Waals surface area contributed by atoms with Crippen molar-refractivity contribution < 1.29 is 18.3 Å². The molecule has 2 aromatic rings. The maximum Gasteiger partial charge on any atom is 0.335 e. The smallest absolute Gasteiger partial charge is 0.335 e. The van der Waals surface area contributed by atoms with Gasteiger partial charge in [0.05, 0.1) is 21.2 Å². The Morgan fingerprint density at radius 2 is 1.76 bits per heavy atom. The van der Waals surface area contributed by atoms with Crippen LogP contribution in [0.1, 0.15) is 15.9 Å². The minimum atomic E-state index is -3.83. The van der Waals surface area contributed by atoms with E-state index in [4.69, 9.17) is 16.7 Å². The van der Waals surface area contributed by atoms with Crippen LogP contribution in [0.25, 0.3) is 0 Å². The van der Waals surface area contributed by atoms with Gasteiger partial charge in [-0.2, -0.15) is 0 Å². The van der Waals surface area contributed by atoms with Gasteiger partial charge in [-0.3, -0.25) is 4.72 Å². The molecule has 0 unspecified atom stereocenters. The Balaban J connectivity index is 2.36. The van der Waals surface area contributed by atoms with Crippen molar-refractivity contribution in [1.82, 2.24) is 0 Å². The normalized spacial score (nSPS) is 11.1. The summed E-state index contributed by atoms with van der Waals surface area (Å²) in [4.78, 5) is 10.7. The van der Waals surface area contributed by atoms with E-state index in [0.29, 0.717) is 16.3 Å². The van der Waals surface area contributed by atoms with Gasteiger partial charge in [0.25, 0.3) is 10.0 Å². The second kappa shape index (κ2) is 5.75. The molecule has 110 valence electrons. The minimum Gasteiger partial charge on any atom is -0.478 e. The molecule has 21 heavy (non-hydrogen) atoms. The lowest BCUT2D eigenvalue weighted by Gasteiger charge is -2.12. The van der Waals surface area contributed by atoms with Gasteiger partial charge in [0.1, 0.15) is 0 Å². The van der Waals surface area contributed by atoms with E-state index in [1.165, 1.54) is 24.3 Å². The number of carboxylic acid groups (broad SMARTS) is 1. The number of carboxylic acids is 1. The van der Waals surface area contributed by atoms with Gasteiger partial charge < -0.3 is 5.11 Å². The van der Waals surface area contributed by atoms with Gasteiger partial charge in [0.15, 0.2) is 0 Å². The first-order valence-corrected chi connectivity index (χ1v) is 7.78. The number of aryl methyl sites for hydroxylation is 1. The van der Waals surface area contributed by atoms with E-state index in [0.717, 1.165) is 0 Å². The van der Waals surface area contributed by atoms with Crippen LogP contribution in [-0.2, 0) is 10.0 Å². The molecule has 0 spiro atoms. The number of rotatable bonds is 4. The molecular weight excluding hydrogens is 314 g/mol. The largest absolute Gasteiger partial charge is 0.478 e. The highest BCUT2D eigenvalue weighted by Gasteiger charge is 2.17. The number of carbonyl (C=O) groups is 1. The Morgan fingerprint density at radius 1 is 1.14 bits per heavy atom. The zero-order chi connectivity index (χ0) is 15.6. The topological polar surface area (TPSA) is 83.5 Å². The predicted molar refractivity (Wildman–Crippen MR) is 80.4 cm³/mol. The number of hydrogen-bond donors (Lipinski definition) is 2. The van der Waals surface area contributed by atoms with Gasteiger partial charge in [-0.25, -0.2) is 13.2 Å². The molecule has 0 aliphatic rings. The molecule has 0 bridgehead atoms. The lowest BCUT2D eigenvalue weighted by Crippen LogP contribution is -2.14. The maximum absolute atomic E-state index is 12.3. The number of para-hydroxylation sites is 1. The molecule has 5 nitrogen and oxygen atoms in total. The Morgan fingerprint density at radius 3 is 2.29 bits per heavy atom. The highest BCUT2D eigenvalue weighted by atomic mass is 35.5. The Kier molecular flexibility index (Phi) is 4.20. The summed E-state index contributed by atoms with van der Waals surface area (Å²) < 4.78 is 27.0. The number of nitrogens with one attached hydrogen (secondary N) is 1. The fraction of sp³-hybridized carbons (Fsp3) is 0.0714. The molecule has 2 rings (SSSR count). The Bertz CT molecular complexity index is 765. The third kappa shape index (κ3) is 3.34. The van der Waals surface area contributed by atoms with Crippen molar-refractivity contribution in [3.05, 3.63) is 58.6 Å². The van der Waals surface area contributed by atoms with Crippen LogP contribution < -0.4 is 4.72 Å². The van der Waals surface area contributed by atoms with Crippen molar-refractivity contribution in [2.75, 3.05) is 4.72 Å². The van der Waals surface area contributed by atoms with Crippen LogP contribution in [0.4, 0.5) is 5.69 Å². The van der Waals surface area contributed by atoms with Crippen LogP contribution in [0, 0.1) is 6.92 Å². The number of halogens is 1. The summed E-state index contributed by atoms with van der Waals surface area (Å²) >= 11 is 5.99. The third-order valence-corrected chi connectivity index (χ3v) is 4.55. The molecule has 0 heterocycles. The first-order valence-electron chi connectivity index (χ1n) is 5.92. The van der Waals surface area contributed by atoms with Gasteiger partial charge in [-0.05, 0) is 42.8 Å². The molecule has 0 aliphatic carbocycles. The lowest BCUT2D eigenvalue weighted by atomic mass is 10.2. The first kappa shape index (κ1) is 15.3. The number of aromatic carboxylic acids is 1. The monoisotopic (exact) mass is 325 g/mol. The summed E-state index contributed by atoms with van der Waals surface area (Å²) in [5.41, 5.74) is 1.01. The summed E-state index contributed by atoms with van der Waals surface area (Å²) in [5.74, 6) is -1.12. The van der Waals surface area contributed by atoms with Crippen molar-refractivity contribution in [1.29, 1.82) is 0 Å². The maximum atomic E-state index is 12.3. The van der Waals surface area contributed by atoms with Crippen LogP contribution in [-0.4, -0.2) is 19.5 Å². The zero-order valence-corrected chi connectivity index (χ0v) is 12.6. The van der Waals surface area contributed by atoms with Crippen LogP contribution in [0.3, 0.4) is 0 Å². The summed E-state index contributed by atoms with van der Waals surface area (Å²) in [7, 11) is -3.83. The van der Waals surface area contributed by atoms with E-state index in [1.807, 2.05) is 0 Å². The number of hydrogen-bond acceptors (Lipinski definition) is 3. The second-order valence-corrected chi connectivity index (χ2v) is 6.46. The molecule has 0 radical (unpaired) electrons. The lowest BCUT2D eigenvalue weighted by molar-refractivity contribution is 0.0697. The van der Waals surface area contributed by atoms with E-state index in [1.54, 1.807) is 25.1 Å². The van der Waals surface area contributed by atoms with E-state index < -0.39 is 16.0 Å². The standard InChI is InChI=1S/C14H12ClNO4S/c1-9-3-2-4-12(15)13(9)16-21(19,20)11-7-5-10(6-8-11)14(17)18/h2-8,16H,1H3,(H,17,18). The molecule has 0 saturated heterocycles.